The van der Waals surface area contributed by atoms with Gasteiger partial charge in [-0.25, -0.2) is 0 Å². The third kappa shape index (κ3) is 3.61. The molecule has 0 radical (unpaired) electrons. The predicted molar refractivity (Wildman–Crippen MR) is 104 cm³/mol. The minimum absolute atomic E-state index is 0. The van der Waals surface area contributed by atoms with Gasteiger partial charge in [0.05, 0.1) is 0 Å². The summed E-state index contributed by atoms with van der Waals surface area (Å²) < 4.78 is 0.396. The van der Waals surface area contributed by atoms with Gasteiger partial charge in [0, 0.05) is 35.5 Å². The van der Waals surface area contributed by atoms with Gasteiger partial charge in [-0.2, -0.15) is 11.8 Å². The molecule has 2 N–H and O–H groups in total. The van der Waals surface area contributed by atoms with Crippen LogP contribution in [-0.2, 0) is 4.79 Å². The Morgan fingerprint density at radius 3 is 2.38 bits per heavy atom. The zero-order valence-corrected chi connectivity index (χ0v) is 16.4. The maximum atomic E-state index is 13.2. The van der Waals surface area contributed by atoms with E-state index in [0.29, 0.717) is 28.5 Å². The number of nitrogens with zero attached hydrogens (tertiary/aromatic N) is 1. The van der Waals surface area contributed by atoms with Gasteiger partial charge in [-0.15, -0.1) is 12.4 Å². The molecule has 3 saturated carbocycles. The van der Waals surface area contributed by atoms with Gasteiger partial charge in [0.2, 0.25) is 5.91 Å². The highest BCUT2D eigenvalue weighted by molar-refractivity contribution is 8.00. The maximum Gasteiger partial charge on any atom is 0.225 e. The number of nitrogens with two attached hydrogens (primary N) is 1. The van der Waals surface area contributed by atoms with Crippen molar-refractivity contribution in [1.82, 2.24) is 4.90 Å². The molecule has 24 heavy (non-hydrogen) atoms. The van der Waals surface area contributed by atoms with E-state index >= 15 is 0 Å². The summed E-state index contributed by atoms with van der Waals surface area (Å²) in [7, 11) is 0. The molecule has 1 heterocycles. The monoisotopic (exact) mass is 372 g/mol. The molecule has 0 aromatic heterocycles. The number of rotatable bonds is 1. The van der Waals surface area contributed by atoms with Crippen LogP contribution in [-0.4, -0.2) is 40.4 Å². The Hall–Kier alpha value is 0.0700. The average Bonchev–Trinajstić information content (AvgIpc) is 2.55. The van der Waals surface area contributed by atoms with Crippen molar-refractivity contribution in [2.45, 2.75) is 75.0 Å². The third-order valence-electron chi connectivity index (χ3n) is 7.09. The molecular weight excluding hydrogens is 340 g/mol. The van der Waals surface area contributed by atoms with Gasteiger partial charge in [0.1, 0.15) is 0 Å². The standard InChI is InChI=1S/C19H32N2OS.ClH/c20-17-14-5-4-6-15(17)12-16(11-14)18(22)21-9-10-23-19(13-21)7-2-1-3-8-19;/h14-17H,1-13,20H2;1H. The molecule has 138 valence electrons. The molecule has 5 heteroatoms. The van der Waals surface area contributed by atoms with E-state index in [-0.39, 0.29) is 18.3 Å². The minimum atomic E-state index is 0. The van der Waals surface area contributed by atoms with Crippen molar-refractivity contribution in [2.24, 2.45) is 23.5 Å². The summed E-state index contributed by atoms with van der Waals surface area (Å²) in [5.74, 6) is 3.11. The number of thioether (sulfide) groups is 1. The maximum absolute atomic E-state index is 13.2. The van der Waals surface area contributed by atoms with Crippen LogP contribution in [0.4, 0.5) is 0 Å². The zero-order chi connectivity index (χ0) is 15.9. The third-order valence-corrected chi connectivity index (χ3v) is 8.62. The van der Waals surface area contributed by atoms with E-state index in [9.17, 15) is 4.79 Å². The topological polar surface area (TPSA) is 46.3 Å². The molecule has 1 amide bonds. The fourth-order valence-corrected chi connectivity index (χ4v) is 7.35. The van der Waals surface area contributed by atoms with Crippen LogP contribution in [0, 0.1) is 17.8 Å². The number of amides is 1. The molecule has 4 fully saturated rings. The molecule has 0 aromatic rings. The minimum Gasteiger partial charge on any atom is -0.340 e. The van der Waals surface area contributed by atoms with E-state index in [0.717, 1.165) is 31.7 Å². The zero-order valence-electron chi connectivity index (χ0n) is 14.8. The lowest BCUT2D eigenvalue weighted by atomic mass is 9.65. The lowest BCUT2D eigenvalue weighted by molar-refractivity contribution is -0.139. The Kier molecular flexibility index (Phi) is 6.09. The van der Waals surface area contributed by atoms with Crippen molar-refractivity contribution < 1.29 is 4.79 Å². The number of hydrogen-bond acceptors (Lipinski definition) is 3. The molecule has 2 unspecified atom stereocenters. The predicted octanol–water partition coefficient (Wildman–Crippen LogP) is 3.84. The smallest absolute Gasteiger partial charge is 0.225 e. The lowest BCUT2D eigenvalue weighted by Crippen LogP contribution is -2.54. The molecule has 0 aromatic carbocycles. The summed E-state index contributed by atoms with van der Waals surface area (Å²) in [6.07, 6.45) is 12.7. The van der Waals surface area contributed by atoms with Crippen molar-refractivity contribution in [3.63, 3.8) is 0 Å². The van der Waals surface area contributed by atoms with E-state index in [2.05, 4.69) is 16.7 Å². The highest BCUT2D eigenvalue weighted by Gasteiger charge is 2.44. The van der Waals surface area contributed by atoms with Gasteiger partial charge in [0.25, 0.3) is 0 Å². The number of hydrogen-bond donors (Lipinski definition) is 1. The molecular formula is C19H33ClN2OS. The number of halogens is 1. The van der Waals surface area contributed by atoms with Crippen molar-refractivity contribution in [1.29, 1.82) is 0 Å². The summed E-state index contributed by atoms with van der Waals surface area (Å²) in [6, 6.07) is 0.370. The molecule has 1 aliphatic heterocycles. The largest absolute Gasteiger partial charge is 0.340 e. The average molecular weight is 373 g/mol. The van der Waals surface area contributed by atoms with Crippen molar-refractivity contribution in [2.75, 3.05) is 18.8 Å². The van der Waals surface area contributed by atoms with Gasteiger partial charge >= 0.3 is 0 Å². The van der Waals surface area contributed by atoms with E-state index in [1.54, 1.807) is 0 Å². The second-order valence-corrected chi connectivity index (χ2v) is 10.1. The molecule has 4 rings (SSSR count). The fraction of sp³-hybridized carbons (Fsp3) is 0.947. The van der Waals surface area contributed by atoms with Crippen LogP contribution in [0.15, 0.2) is 0 Å². The van der Waals surface area contributed by atoms with Crippen LogP contribution in [0.2, 0.25) is 0 Å². The molecule has 1 saturated heterocycles. The van der Waals surface area contributed by atoms with Crippen LogP contribution in [0.3, 0.4) is 0 Å². The second kappa shape index (κ2) is 7.75. The van der Waals surface area contributed by atoms with E-state index < -0.39 is 0 Å². The molecule has 2 atom stereocenters. The summed E-state index contributed by atoms with van der Waals surface area (Å²) in [5, 5.41) is 0. The van der Waals surface area contributed by atoms with E-state index in [1.165, 1.54) is 51.4 Å². The quantitative estimate of drug-likeness (QED) is 0.760. The Morgan fingerprint density at radius 1 is 1.04 bits per heavy atom. The van der Waals surface area contributed by atoms with Gasteiger partial charge in [-0.05, 0) is 50.4 Å². The number of carbonyl (C=O) groups is 1. The van der Waals surface area contributed by atoms with Gasteiger partial charge < -0.3 is 10.6 Å². The van der Waals surface area contributed by atoms with Crippen LogP contribution in [0.5, 0.6) is 0 Å². The summed E-state index contributed by atoms with van der Waals surface area (Å²) in [6.45, 7) is 2.00. The first kappa shape index (κ1) is 18.8. The Morgan fingerprint density at radius 2 is 1.71 bits per heavy atom. The molecule has 3 aliphatic carbocycles. The summed E-state index contributed by atoms with van der Waals surface area (Å²) in [5.41, 5.74) is 6.41. The molecule has 1 spiro atoms. The SMILES string of the molecule is Cl.NC1C2CCCC1CC(C(=O)N1CCSC3(CCCCC3)C1)C2. The summed E-state index contributed by atoms with van der Waals surface area (Å²) >= 11 is 2.16. The van der Waals surface area contributed by atoms with Crippen molar-refractivity contribution in [3.8, 4) is 0 Å². The Balaban J connectivity index is 0.00000169. The normalized spacial score (nSPS) is 38.5. The first-order valence-corrected chi connectivity index (χ1v) is 10.8. The Labute approximate surface area is 157 Å². The van der Waals surface area contributed by atoms with Crippen LogP contribution in [0.1, 0.15) is 64.2 Å². The van der Waals surface area contributed by atoms with Crippen LogP contribution >= 0.6 is 24.2 Å². The lowest BCUT2D eigenvalue weighted by Gasteiger charge is -2.48. The van der Waals surface area contributed by atoms with Gasteiger partial charge in [0.15, 0.2) is 0 Å². The van der Waals surface area contributed by atoms with Gasteiger partial charge in [-0.1, -0.05) is 25.7 Å². The van der Waals surface area contributed by atoms with Crippen molar-refractivity contribution in [3.05, 3.63) is 0 Å². The second-order valence-electron chi connectivity index (χ2n) is 8.55. The van der Waals surface area contributed by atoms with Crippen LogP contribution in [0.25, 0.3) is 0 Å². The van der Waals surface area contributed by atoms with Crippen molar-refractivity contribution >= 4 is 30.1 Å². The summed E-state index contributed by atoms with van der Waals surface area (Å²) in [4.78, 5) is 15.4. The van der Waals surface area contributed by atoms with Crippen LogP contribution < -0.4 is 5.73 Å². The molecule has 2 bridgehead atoms. The first-order chi connectivity index (χ1) is 11.2. The van der Waals surface area contributed by atoms with Gasteiger partial charge in [-0.3, -0.25) is 4.79 Å². The number of fused-ring (bicyclic) bond motifs is 2. The fourth-order valence-electron chi connectivity index (χ4n) is 5.78. The van der Waals surface area contributed by atoms with E-state index in [4.69, 9.17) is 5.73 Å². The highest BCUT2D eigenvalue weighted by Crippen LogP contribution is 2.45. The highest BCUT2D eigenvalue weighted by atomic mass is 35.5. The van der Waals surface area contributed by atoms with E-state index in [1.807, 2.05) is 0 Å². The molecule has 4 aliphatic rings. The number of carbonyl (C=O) groups excluding carboxylic acids is 1. The first-order valence-electron chi connectivity index (χ1n) is 9.85. The molecule has 3 nitrogen and oxygen atoms in total. The Bertz CT molecular complexity index is 435.